The summed E-state index contributed by atoms with van der Waals surface area (Å²) >= 11 is 5.82. The van der Waals surface area contributed by atoms with Crippen LogP contribution in [0.25, 0.3) is 0 Å². The number of carbonyl (C=O) groups excluding carboxylic acids is 1. The van der Waals surface area contributed by atoms with Gasteiger partial charge in [-0.15, -0.1) is 0 Å². The number of aliphatic hydroxyl groups excluding tert-OH is 1. The van der Waals surface area contributed by atoms with E-state index in [1.807, 2.05) is 0 Å². The SMILES string of the molecule is O=C(C(O)Cc1c(F)cccc1Cl)N1CCOCC(F)(F)C1. The number of halogens is 4. The van der Waals surface area contributed by atoms with Crippen LogP contribution in [-0.4, -0.2) is 54.2 Å². The van der Waals surface area contributed by atoms with E-state index in [4.69, 9.17) is 16.3 Å². The van der Waals surface area contributed by atoms with E-state index in [1.54, 1.807) is 0 Å². The molecule has 1 unspecified atom stereocenters. The topological polar surface area (TPSA) is 49.8 Å². The molecule has 0 saturated carbocycles. The number of aliphatic hydroxyl groups is 1. The minimum Gasteiger partial charge on any atom is -0.383 e. The third kappa shape index (κ3) is 4.12. The molecule has 122 valence electrons. The van der Waals surface area contributed by atoms with Crippen molar-refractivity contribution >= 4 is 17.5 Å². The summed E-state index contributed by atoms with van der Waals surface area (Å²) < 4.78 is 45.2. The van der Waals surface area contributed by atoms with Crippen molar-refractivity contribution in [3.63, 3.8) is 0 Å². The van der Waals surface area contributed by atoms with E-state index in [2.05, 4.69) is 0 Å². The van der Waals surface area contributed by atoms with Gasteiger partial charge in [-0.2, -0.15) is 0 Å². The van der Waals surface area contributed by atoms with Crippen LogP contribution in [0, 0.1) is 5.82 Å². The van der Waals surface area contributed by atoms with Gasteiger partial charge in [-0.05, 0) is 12.1 Å². The maximum atomic E-state index is 13.6. The first-order chi connectivity index (χ1) is 10.3. The molecule has 1 aromatic rings. The molecule has 22 heavy (non-hydrogen) atoms. The first-order valence-corrected chi connectivity index (χ1v) is 7.03. The molecule has 0 spiro atoms. The molecule has 1 saturated heterocycles. The molecular weight excluding hydrogens is 323 g/mol. The van der Waals surface area contributed by atoms with Gasteiger partial charge in [0.05, 0.1) is 13.2 Å². The summed E-state index contributed by atoms with van der Waals surface area (Å²) in [4.78, 5) is 12.9. The van der Waals surface area contributed by atoms with Crippen molar-refractivity contribution in [1.82, 2.24) is 4.90 Å². The third-order valence-corrected chi connectivity index (χ3v) is 3.65. The minimum atomic E-state index is -3.18. The van der Waals surface area contributed by atoms with Crippen LogP contribution in [0.15, 0.2) is 18.2 Å². The lowest BCUT2D eigenvalue weighted by Gasteiger charge is -2.25. The fourth-order valence-corrected chi connectivity index (χ4v) is 2.45. The Morgan fingerprint density at radius 2 is 2.23 bits per heavy atom. The predicted octanol–water partition coefficient (Wildman–Crippen LogP) is 1.88. The second-order valence-corrected chi connectivity index (χ2v) is 5.50. The average molecular weight is 338 g/mol. The fraction of sp³-hybridized carbons (Fsp3) is 0.500. The Morgan fingerprint density at radius 3 is 2.91 bits per heavy atom. The molecule has 1 heterocycles. The summed E-state index contributed by atoms with van der Waals surface area (Å²) in [5.74, 6) is -4.74. The molecule has 1 fully saturated rings. The second-order valence-electron chi connectivity index (χ2n) is 5.09. The largest absolute Gasteiger partial charge is 0.383 e. The van der Waals surface area contributed by atoms with Crippen molar-refractivity contribution in [2.45, 2.75) is 18.4 Å². The van der Waals surface area contributed by atoms with E-state index in [-0.39, 0.29) is 30.2 Å². The average Bonchev–Trinajstić information content (AvgIpc) is 2.62. The Bertz CT molecular complexity index is 536. The van der Waals surface area contributed by atoms with Crippen LogP contribution in [0.1, 0.15) is 5.56 Å². The highest BCUT2D eigenvalue weighted by molar-refractivity contribution is 6.31. The van der Waals surface area contributed by atoms with Crippen molar-refractivity contribution in [2.24, 2.45) is 0 Å². The predicted molar refractivity (Wildman–Crippen MR) is 73.5 cm³/mol. The molecule has 2 rings (SSSR count). The number of hydrogen-bond donors (Lipinski definition) is 1. The number of hydrogen-bond acceptors (Lipinski definition) is 3. The minimum absolute atomic E-state index is 0.0251. The van der Waals surface area contributed by atoms with Gasteiger partial charge in [-0.1, -0.05) is 17.7 Å². The molecule has 8 heteroatoms. The van der Waals surface area contributed by atoms with Crippen molar-refractivity contribution in [3.8, 4) is 0 Å². The molecule has 4 nitrogen and oxygen atoms in total. The summed E-state index contributed by atoms with van der Waals surface area (Å²) in [6.07, 6.45) is -2.03. The first-order valence-electron chi connectivity index (χ1n) is 6.65. The zero-order valence-electron chi connectivity index (χ0n) is 11.6. The third-order valence-electron chi connectivity index (χ3n) is 3.30. The maximum Gasteiger partial charge on any atom is 0.288 e. The van der Waals surface area contributed by atoms with Crippen molar-refractivity contribution < 1.29 is 27.8 Å². The number of nitrogens with zero attached hydrogens (tertiary/aromatic N) is 1. The zero-order chi connectivity index (χ0) is 16.3. The number of ether oxygens (including phenoxy) is 1. The quantitative estimate of drug-likeness (QED) is 0.916. The van der Waals surface area contributed by atoms with Crippen LogP contribution in [-0.2, 0) is 16.0 Å². The molecule has 1 atom stereocenters. The van der Waals surface area contributed by atoms with Gasteiger partial charge in [0, 0.05) is 23.6 Å². The van der Waals surface area contributed by atoms with Gasteiger partial charge in [0.1, 0.15) is 18.5 Å². The smallest absolute Gasteiger partial charge is 0.288 e. The summed E-state index contributed by atoms with van der Waals surface area (Å²) in [6, 6.07) is 3.96. The fourth-order valence-electron chi connectivity index (χ4n) is 2.21. The van der Waals surface area contributed by atoms with Crippen molar-refractivity contribution in [2.75, 3.05) is 26.3 Å². The lowest BCUT2D eigenvalue weighted by atomic mass is 10.1. The number of amides is 1. The molecule has 0 bridgehead atoms. The molecule has 1 N–H and O–H groups in total. The molecule has 1 aromatic carbocycles. The van der Waals surface area contributed by atoms with Gasteiger partial charge < -0.3 is 14.7 Å². The van der Waals surface area contributed by atoms with E-state index in [9.17, 15) is 23.1 Å². The van der Waals surface area contributed by atoms with E-state index >= 15 is 0 Å². The van der Waals surface area contributed by atoms with Crippen LogP contribution in [0.5, 0.6) is 0 Å². The number of carbonyl (C=O) groups is 1. The Balaban J connectivity index is 2.08. The van der Waals surface area contributed by atoms with E-state index < -0.39 is 36.9 Å². The van der Waals surface area contributed by atoms with Crippen LogP contribution in [0.2, 0.25) is 5.02 Å². The Labute approximate surface area is 130 Å². The van der Waals surface area contributed by atoms with Crippen LogP contribution >= 0.6 is 11.6 Å². The van der Waals surface area contributed by atoms with Gasteiger partial charge in [0.15, 0.2) is 0 Å². The van der Waals surface area contributed by atoms with Gasteiger partial charge in [-0.25, -0.2) is 13.2 Å². The molecule has 1 aliphatic heterocycles. The summed E-state index contributed by atoms with van der Waals surface area (Å²) in [5.41, 5.74) is -0.0251. The highest BCUT2D eigenvalue weighted by Crippen LogP contribution is 2.23. The lowest BCUT2D eigenvalue weighted by Crippen LogP contribution is -2.46. The molecule has 0 aromatic heterocycles. The highest BCUT2D eigenvalue weighted by Gasteiger charge is 2.37. The maximum absolute atomic E-state index is 13.6. The number of alkyl halides is 2. The molecule has 1 aliphatic rings. The van der Waals surface area contributed by atoms with Crippen LogP contribution < -0.4 is 0 Å². The van der Waals surface area contributed by atoms with Gasteiger partial charge in [0.2, 0.25) is 0 Å². The van der Waals surface area contributed by atoms with Crippen molar-refractivity contribution in [3.05, 3.63) is 34.6 Å². The summed E-state index contributed by atoms with van der Waals surface area (Å²) in [7, 11) is 0. The Hall–Kier alpha value is -1.31. The van der Waals surface area contributed by atoms with E-state index in [0.717, 1.165) is 11.0 Å². The molecule has 0 radical (unpaired) electrons. The molecule has 0 aliphatic carbocycles. The van der Waals surface area contributed by atoms with Crippen LogP contribution in [0.4, 0.5) is 13.2 Å². The van der Waals surface area contributed by atoms with E-state index in [0.29, 0.717) is 0 Å². The van der Waals surface area contributed by atoms with E-state index in [1.165, 1.54) is 12.1 Å². The normalized spacial score (nSPS) is 19.6. The van der Waals surface area contributed by atoms with Crippen LogP contribution in [0.3, 0.4) is 0 Å². The van der Waals surface area contributed by atoms with Gasteiger partial charge in [0.25, 0.3) is 11.8 Å². The first kappa shape index (κ1) is 17.1. The second kappa shape index (κ2) is 6.85. The van der Waals surface area contributed by atoms with Crippen molar-refractivity contribution in [1.29, 1.82) is 0 Å². The highest BCUT2D eigenvalue weighted by atomic mass is 35.5. The zero-order valence-corrected chi connectivity index (χ0v) is 12.3. The molecule has 1 amide bonds. The Morgan fingerprint density at radius 1 is 1.50 bits per heavy atom. The van der Waals surface area contributed by atoms with Gasteiger partial charge in [-0.3, -0.25) is 4.79 Å². The summed E-state index contributed by atoms with van der Waals surface area (Å²) in [6.45, 7) is -1.72. The number of benzene rings is 1. The monoisotopic (exact) mass is 337 g/mol. The molecular formula is C14H15ClF3NO3. The lowest BCUT2D eigenvalue weighted by molar-refractivity contribution is -0.144. The standard InChI is InChI=1S/C14H15ClF3NO3/c15-10-2-1-3-11(16)9(10)6-12(20)13(21)19-4-5-22-8-14(17,18)7-19/h1-3,12,20H,4-8H2. The summed E-state index contributed by atoms with van der Waals surface area (Å²) in [5, 5.41) is 10.00. The number of rotatable bonds is 3. The van der Waals surface area contributed by atoms with Gasteiger partial charge >= 0.3 is 0 Å². The Kier molecular flexibility index (Phi) is 5.31.